The Morgan fingerprint density at radius 2 is 1.47 bits per heavy atom. The second kappa shape index (κ2) is 22.9. The fraction of sp³-hybridized carbons (Fsp3) is 0.812. The Kier molecular flexibility index (Phi) is 21.3. The predicted molar refractivity (Wildman–Crippen MR) is 151 cm³/mol. The van der Waals surface area contributed by atoms with Crippen LogP contribution < -0.4 is 21.5 Å². The third-order valence-electron chi connectivity index (χ3n) is 8.12. The average molecular weight is 599 g/mol. The van der Waals surface area contributed by atoms with Gasteiger partial charge in [-0.3, -0.25) is 0 Å². The molecular weight excluding hydrogens is 542 g/mol. The van der Waals surface area contributed by atoms with Crippen LogP contribution in [0.15, 0.2) is 30.6 Å². The minimum absolute atomic E-state index is 0. The van der Waals surface area contributed by atoms with Gasteiger partial charge in [-0.2, -0.15) is 0 Å². The summed E-state index contributed by atoms with van der Waals surface area (Å²) in [6.07, 6.45) is 26.4. The Morgan fingerprint density at radius 1 is 0.921 bits per heavy atom. The van der Waals surface area contributed by atoms with Gasteiger partial charge in [0.15, 0.2) is 12.4 Å². The van der Waals surface area contributed by atoms with E-state index in [4.69, 9.17) is 14.2 Å². The lowest BCUT2D eigenvalue weighted by Gasteiger charge is -2.45. The summed E-state index contributed by atoms with van der Waals surface area (Å²) in [5.41, 5.74) is -0.210. The molecule has 3 unspecified atom stereocenters. The molecule has 5 nitrogen and oxygen atoms in total. The van der Waals surface area contributed by atoms with E-state index in [0.29, 0.717) is 13.0 Å². The number of carbonyl (C=O) groups is 1. The molecule has 1 aliphatic rings. The normalized spacial score (nSPS) is 17.3. The number of aryl methyl sites for hydroxylation is 1. The molecule has 38 heavy (non-hydrogen) atoms. The number of halogens is 1. The number of hydrogen-bond acceptors (Lipinski definition) is 4. The van der Waals surface area contributed by atoms with Gasteiger partial charge in [-0.25, -0.2) is 4.57 Å². The third-order valence-corrected chi connectivity index (χ3v) is 8.12. The summed E-state index contributed by atoms with van der Waals surface area (Å²) in [6, 6.07) is 6.14. The number of rotatable bonds is 25. The number of pyridine rings is 1. The highest BCUT2D eigenvalue weighted by atomic mass is 79.9. The van der Waals surface area contributed by atoms with Gasteiger partial charge in [0.2, 0.25) is 0 Å². The summed E-state index contributed by atoms with van der Waals surface area (Å²) in [4.78, 5) is 11.6. The van der Waals surface area contributed by atoms with Crippen LogP contribution in [0, 0.1) is 5.41 Å². The van der Waals surface area contributed by atoms with Crippen LogP contribution in [-0.4, -0.2) is 45.4 Å². The number of aromatic nitrogens is 1. The van der Waals surface area contributed by atoms with Crippen LogP contribution in [0.5, 0.6) is 0 Å². The van der Waals surface area contributed by atoms with E-state index in [0.717, 1.165) is 45.3 Å². The fourth-order valence-corrected chi connectivity index (χ4v) is 5.53. The molecule has 0 radical (unpaired) electrons. The van der Waals surface area contributed by atoms with Crippen molar-refractivity contribution >= 4 is 6.29 Å². The Bertz CT molecular complexity index is 673. The second-order valence-electron chi connectivity index (χ2n) is 11.1. The van der Waals surface area contributed by atoms with E-state index < -0.39 is 6.10 Å². The van der Waals surface area contributed by atoms with Gasteiger partial charge in [-0.15, -0.1) is 0 Å². The topological polar surface area (TPSA) is 48.6 Å². The summed E-state index contributed by atoms with van der Waals surface area (Å²) in [7, 11) is 1.62. The molecule has 1 fully saturated rings. The molecule has 1 aromatic rings. The zero-order valence-electron chi connectivity index (χ0n) is 24.4. The molecule has 2 heterocycles. The SMILES string of the molecule is CCCCCCCCCCCCCCCCOCC(CC[n+]1ccccc1)(CC(C=O)OC)C1CCO1.[Br-]. The summed E-state index contributed by atoms with van der Waals surface area (Å²) in [6.45, 7) is 5.35. The minimum Gasteiger partial charge on any atom is -1.00 e. The lowest BCUT2D eigenvalue weighted by atomic mass is 9.72. The number of methoxy groups -OCH3 is 1. The van der Waals surface area contributed by atoms with Crippen molar-refractivity contribution in [2.24, 2.45) is 5.41 Å². The van der Waals surface area contributed by atoms with Crippen LogP contribution in [0.3, 0.4) is 0 Å². The molecule has 6 heteroatoms. The van der Waals surface area contributed by atoms with E-state index in [-0.39, 0.29) is 28.5 Å². The molecule has 1 aliphatic heterocycles. The lowest BCUT2D eigenvalue weighted by molar-refractivity contribution is -0.699. The van der Waals surface area contributed by atoms with Crippen LogP contribution in [-0.2, 0) is 25.5 Å². The van der Waals surface area contributed by atoms with E-state index in [1.54, 1.807) is 7.11 Å². The largest absolute Gasteiger partial charge is 1.00 e. The van der Waals surface area contributed by atoms with Crippen LogP contribution in [0.2, 0.25) is 0 Å². The molecular formula is C32H56BrNO4. The van der Waals surface area contributed by atoms with E-state index in [2.05, 4.69) is 36.0 Å². The highest BCUT2D eigenvalue weighted by molar-refractivity contribution is 5.56. The van der Waals surface area contributed by atoms with E-state index in [9.17, 15) is 4.79 Å². The molecule has 0 saturated carbocycles. The van der Waals surface area contributed by atoms with E-state index >= 15 is 0 Å². The van der Waals surface area contributed by atoms with Crippen molar-refractivity contribution in [1.82, 2.24) is 0 Å². The lowest BCUT2D eigenvalue weighted by Crippen LogP contribution is -3.00. The molecule has 0 spiro atoms. The molecule has 0 amide bonds. The molecule has 3 atom stereocenters. The molecule has 220 valence electrons. The van der Waals surface area contributed by atoms with Crippen molar-refractivity contribution in [3.05, 3.63) is 30.6 Å². The molecule has 1 aromatic heterocycles. The molecule has 1 saturated heterocycles. The van der Waals surface area contributed by atoms with Gasteiger partial charge in [0.05, 0.1) is 12.7 Å². The van der Waals surface area contributed by atoms with Crippen LogP contribution >= 0.6 is 0 Å². The van der Waals surface area contributed by atoms with Crippen LogP contribution in [0.4, 0.5) is 0 Å². The number of hydrogen-bond donors (Lipinski definition) is 0. The third kappa shape index (κ3) is 14.5. The van der Waals surface area contributed by atoms with Gasteiger partial charge in [0.25, 0.3) is 0 Å². The van der Waals surface area contributed by atoms with Crippen molar-refractivity contribution in [3.8, 4) is 0 Å². The van der Waals surface area contributed by atoms with Crippen LogP contribution in [0.1, 0.15) is 116 Å². The summed E-state index contributed by atoms with van der Waals surface area (Å²) in [5.74, 6) is 0. The van der Waals surface area contributed by atoms with Gasteiger partial charge in [0.1, 0.15) is 18.9 Å². The Morgan fingerprint density at radius 3 is 1.95 bits per heavy atom. The van der Waals surface area contributed by atoms with Gasteiger partial charge in [-0.1, -0.05) is 96.5 Å². The van der Waals surface area contributed by atoms with E-state index in [1.807, 2.05) is 6.07 Å². The first-order chi connectivity index (χ1) is 18.2. The van der Waals surface area contributed by atoms with Crippen molar-refractivity contribution in [1.29, 1.82) is 0 Å². The smallest absolute Gasteiger partial charge is 0.168 e. The number of ether oxygens (including phenoxy) is 3. The number of carbonyl (C=O) groups excluding carboxylic acids is 1. The molecule has 0 aliphatic carbocycles. The maximum Gasteiger partial charge on any atom is 0.168 e. The first-order valence-corrected chi connectivity index (χ1v) is 15.4. The Hall–Kier alpha value is -0.820. The molecule has 0 bridgehead atoms. The highest BCUT2D eigenvalue weighted by Gasteiger charge is 2.45. The first-order valence-electron chi connectivity index (χ1n) is 15.4. The maximum atomic E-state index is 11.6. The predicted octanol–water partition coefficient (Wildman–Crippen LogP) is 4.25. The number of aldehydes is 1. The summed E-state index contributed by atoms with van der Waals surface area (Å²) < 4.78 is 19.9. The molecule has 2 rings (SSSR count). The monoisotopic (exact) mass is 597 g/mol. The maximum absolute atomic E-state index is 11.6. The van der Waals surface area contributed by atoms with Crippen molar-refractivity contribution in [2.45, 2.75) is 135 Å². The van der Waals surface area contributed by atoms with Gasteiger partial charge in [-0.05, 0) is 19.3 Å². The fourth-order valence-electron chi connectivity index (χ4n) is 5.53. The van der Waals surface area contributed by atoms with E-state index in [1.165, 1.54) is 83.5 Å². The van der Waals surface area contributed by atoms with Gasteiger partial charge < -0.3 is 36.0 Å². The van der Waals surface area contributed by atoms with Crippen molar-refractivity contribution in [3.63, 3.8) is 0 Å². The standard InChI is InChI=1S/C32H56NO4.BrH/c1-3-4-5-6-7-8-9-10-11-12-13-14-15-19-25-36-29-32(31-20-26-37-31,27-30(28-34)35-2)21-24-33-22-17-16-18-23-33;/h16-18,22-23,28,30-31H,3-15,19-21,24-27,29H2,1-2H3;1H/q+1;/p-1. The van der Waals surface area contributed by atoms with Crippen LogP contribution in [0.25, 0.3) is 0 Å². The molecule has 0 aromatic carbocycles. The quantitative estimate of drug-likeness (QED) is 0.0960. The zero-order chi connectivity index (χ0) is 26.4. The molecule has 0 N–H and O–H groups in total. The van der Waals surface area contributed by atoms with Crippen molar-refractivity contribution < 1.29 is 40.6 Å². The summed E-state index contributed by atoms with van der Waals surface area (Å²) >= 11 is 0. The summed E-state index contributed by atoms with van der Waals surface area (Å²) in [5, 5.41) is 0. The Balaban J connectivity index is 0.00000722. The van der Waals surface area contributed by atoms with Gasteiger partial charge in [0, 0.05) is 44.3 Å². The highest BCUT2D eigenvalue weighted by Crippen LogP contribution is 2.40. The number of unbranched alkanes of at least 4 members (excludes halogenated alkanes) is 13. The minimum atomic E-state index is -0.422. The zero-order valence-corrected chi connectivity index (χ0v) is 26.0. The first kappa shape index (κ1) is 35.2. The van der Waals surface area contributed by atoms with Gasteiger partial charge >= 0.3 is 0 Å². The van der Waals surface area contributed by atoms with Crippen molar-refractivity contribution in [2.75, 3.05) is 26.9 Å². The Labute approximate surface area is 244 Å². The second-order valence-corrected chi connectivity index (χ2v) is 11.1. The number of nitrogens with zero attached hydrogens (tertiary/aromatic N) is 1. The average Bonchev–Trinajstić information content (AvgIpc) is 2.90.